The molecule has 0 fully saturated rings. The largest absolute Gasteiger partial charge is 0.481 e. The minimum Gasteiger partial charge on any atom is -0.481 e. The average Bonchev–Trinajstić information content (AvgIpc) is 2.77. The first-order chi connectivity index (χ1) is 16.1. The topological polar surface area (TPSA) is 237 Å². The molecule has 7 atom stereocenters. The van der Waals surface area contributed by atoms with Gasteiger partial charge >= 0.3 is 11.9 Å². The number of carbonyl (C=O) groups is 6. The fourth-order valence-corrected chi connectivity index (χ4v) is 2.79. The van der Waals surface area contributed by atoms with Crippen molar-refractivity contribution < 1.29 is 44.1 Å². The second-order valence-corrected chi connectivity index (χ2v) is 8.44. The molecule has 0 bridgehead atoms. The van der Waals surface area contributed by atoms with Crippen LogP contribution in [0.4, 0.5) is 0 Å². The van der Waals surface area contributed by atoms with E-state index in [9.17, 15) is 33.9 Å². The number of hydrogen-bond acceptors (Lipinski definition) is 8. The standard InChI is InChI=1S/C21H37N5O9/c1-6-9(2)15(19(32)23-10(3)17(30)24-11(4)21(34)35)25-20(33)16(12(5)27)26-18(31)13(22)7-8-14(28)29/h9-13,15-16,27H,6-8,22H2,1-5H3,(H,23,32)(H,24,30)(H,25,33)(H,26,31)(H,28,29)(H,34,35)/t9-,10-,11-,12+,13-,15-,16-/m0/s1. The van der Waals surface area contributed by atoms with Crippen molar-refractivity contribution in [2.24, 2.45) is 11.7 Å². The maximum atomic E-state index is 12.8. The van der Waals surface area contributed by atoms with Gasteiger partial charge < -0.3 is 42.3 Å². The maximum absolute atomic E-state index is 12.8. The Morgan fingerprint density at radius 1 is 0.743 bits per heavy atom. The SMILES string of the molecule is CC[C@H](C)[C@H](NC(=O)[C@@H](NC(=O)[C@@H](N)CCC(=O)O)[C@@H](C)O)C(=O)N[C@@H](C)C(=O)N[C@@H](C)C(=O)O. The van der Waals surface area contributed by atoms with Gasteiger partial charge in [0.15, 0.2) is 0 Å². The monoisotopic (exact) mass is 503 g/mol. The molecular weight excluding hydrogens is 466 g/mol. The molecule has 0 aliphatic heterocycles. The van der Waals surface area contributed by atoms with E-state index in [2.05, 4.69) is 21.3 Å². The average molecular weight is 504 g/mol. The molecule has 0 spiro atoms. The fraction of sp³-hybridized carbons (Fsp3) is 0.714. The van der Waals surface area contributed by atoms with Crippen LogP contribution in [0, 0.1) is 5.92 Å². The molecule has 14 heteroatoms. The zero-order valence-electron chi connectivity index (χ0n) is 20.5. The van der Waals surface area contributed by atoms with Gasteiger partial charge in [-0.3, -0.25) is 28.8 Å². The van der Waals surface area contributed by atoms with Crippen molar-refractivity contribution in [3.8, 4) is 0 Å². The Hall–Kier alpha value is -3.26. The number of carboxylic acids is 2. The number of aliphatic hydroxyl groups excluding tert-OH is 1. The summed E-state index contributed by atoms with van der Waals surface area (Å²) in [4.78, 5) is 71.7. The molecule has 0 aromatic carbocycles. The van der Waals surface area contributed by atoms with E-state index < -0.39 is 77.8 Å². The number of rotatable bonds is 15. The molecular formula is C21H37N5O9. The number of amides is 4. The lowest BCUT2D eigenvalue weighted by molar-refractivity contribution is -0.141. The highest BCUT2D eigenvalue weighted by molar-refractivity contribution is 5.95. The molecule has 0 saturated heterocycles. The molecule has 0 aromatic rings. The number of nitrogens with two attached hydrogens (primary N) is 1. The van der Waals surface area contributed by atoms with Crippen molar-refractivity contribution in [2.75, 3.05) is 0 Å². The molecule has 0 radical (unpaired) electrons. The molecule has 35 heavy (non-hydrogen) atoms. The van der Waals surface area contributed by atoms with Gasteiger partial charge in [-0.2, -0.15) is 0 Å². The third-order valence-electron chi connectivity index (χ3n) is 5.34. The lowest BCUT2D eigenvalue weighted by Crippen LogP contribution is -2.61. The first-order valence-corrected chi connectivity index (χ1v) is 11.2. The summed E-state index contributed by atoms with van der Waals surface area (Å²) < 4.78 is 0. The molecule has 0 saturated carbocycles. The second kappa shape index (κ2) is 14.9. The molecule has 200 valence electrons. The van der Waals surface area contributed by atoms with E-state index in [0.717, 1.165) is 0 Å². The Kier molecular flexibility index (Phi) is 13.5. The number of aliphatic carboxylic acids is 2. The Bertz CT molecular complexity index is 789. The fourth-order valence-electron chi connectivity index (χ4n) is 2.79. The van der Waals surface area contributed by atoms with Gasteiger partial charge in [0, 0.05) is 6.42 Å². The Balaban J connectivity index is 5.38. The summed E-state index contributed by atoms with van der Waals surface area (Å²) in [5.41, 5.74) is 5.64. The van der Waals surface area contributed by atoms with Crippen LogP contribution in [0.1, 0.15) is 53.9 Å². The van der Waals surface area contributed by atoms with Crippen molar-refractivity contribution >= 4 is 35.6 Å². The van der Waals surface area contributed by atoms with Crippen LogP contribution in [-0.2, 0) is 28.8 Å². The summed E-state index contributed by atoms with van der Waals surface area (Å²) in [6, 6.07) is -6.17. The lowest BCUT2D eigenvalue weighted by Gasteiger charge is -2.29. The van der Waals surface area contributed by atoms with Crippen molar-refractivity contribution in [3.05, 3.63) is 0 Å². The highest BCUT2D eigenvalue weighted by Crippen LogP contribution is 2.10. The predicted molar refractivity (Wildman–Crippen MR) is 123 cm³/mol. The van der Waals surface area contributed by atoms with Crippen LogP contribution in [-0.4, -0.2) is 87.2 Å². The maximum Gasteiger partial charge on any atom is 0.325 e. The van der Waals surface area contributed by atoms with E-state index in [1.807, 2.05) is 0 Å². The quantitative estimate of drug-likeness (QED) is 0.119. The summed E-state index contributed by atoms with van der Waals surface area (Å²) in [6.45, 7) is 7.27. The first-order valence-electron chi connectivity index (χ1n) is 11.2. The van der Waals surface area contributed by atoms with Crippen LogP contribution in [0.25, 0.3) is 0 Å². The zero-order chi connectivity index (χ0) is 27.5. The van der Waals surface area contributed by atoms with E-state index in [-0.39, 0.29) is 12.8 Å². The Morgan fingerprint density at radius 2 is 1.23 bits per heavy atom. The Labute approximate surface area is 203 Å². The second-order valence-electron chi connectivity index (χ2n) is 8.44. The smallest absolute Gasteiger partial charge is 0.325 e. The number of carboxylic acid groups (broad SMARTS) is 2. The van der Waals surface area contributed by atoms with E-state index in [0.29, 0.717) is 6.42 Å². The summed E-state index contributed by atoms with van der Waals surface area (Å²) in [7, 11) is 0. The van der Waals surface area contributed by atoms with Crippen molar-refractivity contribution in [2.45, 2.75) is 90.2 Å². The van der Waals surface area contributed by atoms with Gasteiger partial charge in [-0.1, -0.05) is 20.3 Å². The highest BCUT2D eigenvalue weighted by atomic mass is 16.4. The number of nitrogens with one attached hydrogen (secondary N) is 4. The summed E-state index contributed by atoms with van der Waals surface area (Å²) in [6.07, 6.45) is -1.49. The van der Waals surface area contributed by atoms with Gasteiger partial charge in [0.2, 0.25) is 23.6 Å². The normalized spacial score (nSPS) is 16.9. The first kappa shape index (κ1) is 31.7. The van der Waals surface area contributed by atoms with Crippen LogP contribution in [0.2, 0.25) is 0 Å². The van der Waals surface area contributed by atoms with E-state index in [1.165, 1.54) is 20.8 Å². The van der Waals surface area contributed by atoms with E-state index >= 15 is 0 Å². The van der Waals surface area contributed by atoms with Gasteiger partial charge in [-0.15, -0.1) is 0 Å². The van der Waals surface area contributed by atoms with Crippen LogP contribution in [0.5, 0.6) is 0 Å². The van der Waals surface area contributed by atoms with E-state index in [4.69, 9.17) is 15.9 Å². The van der Waals surface area contributed by atoms with Crippen molar-refractivity contribution in [1.29, 1.82) is 0 Å². The van der Waals surface area contributed by atoms with Crippen LogP contribution >= 0.6 is 0 Å². The molecule has 0 unspecified atom stereocenters. The molecule has 14 nitrogen and oxygen atoms in total. The molecule has 0 aliphatic rings. The predicted octanol–water partition coefficient (Wildman–Crippen LogP) is -2.33. The lowest BCUT2D eigenvalue weighted by atomic mass is 9.97. The van der Waals surface area contributed by atoms with Crippen molar-refractivity contribution in [3.63, 3.8) is 0 Å². The van der Waals surface area contributed by atoms with Crippen LogP contribution in [0.15, 0.2) is 0 Å². The summed E-state index contributed by atoms with van der Waals surface area (Å²) in [5, 5.41) is 37.0. The number of carbonyl (C=O) groups excluding carboxylic acids is 4. The minimum atomic E-state index is -1.49. The Morgan fingerprint density at radius 3 is 1.69 bits per heavy atom. The van der Waals surface area contributed by atoms with Gasteiger partial charge in [0.1, 0.15) is 24.2 Å². The molecule has 0 rings (SSSR count). The van der Waals surface area contributed by atoms with Crippen molar-refractivity contribution in [1.82, 2.24) is 21.3 Å². The summed E-state index contributed by atoms with van der Waals surface area (Å²) in [5.74, 6) is -6.05. The van der Waals surface area contributed by atoms with Crippen LogP contribution in [0.3, 0.4) is 0 Å². The molecule has 0 heterocycles. The third kappa shape index (κ3) is 11.1. The highest BCUT2D eigenvalue weighted by Gasteiger charge is 2.34. The van der Waals surface area contributed by atoms with Crippen LogP contribution < -0.4 is 27.0 Å². The number of aliphatic hydroxyl groups is 1. The molecule has 4 amide bonds. The van der Waals surface area contributed by atoms with Gasteiger partial charge in [0.25, 0.3) is 0 Å². The molecule has 0 aromatic heterocycles. The van der Waals surface area contributed by atoms with Gasteiger partial charge in [0.05, 0.1) is 12.1 Å². The van der Waals surface area contributed by atoms with Gasteiger partial charge in [-0.25, -0.2) is 0 Å². The summed E-state index contributed by atoms with van der Waals surface area (Å²) >= 11 is 0. The zero-order valence-corrected chi connectivity index (χ0v) is 20.5. The van der Waals surface area contributed by atoms with E-state index in [1.54, 1.807) is 13.8 Å². The molecule has 0 aliphatic carbocycles. The third-order valence-corrected chi connectivity index (χ3v) is 5.34. The van der Waals surface area contributed by atoms with Gasteiger partial charge in [-0.05, 0) is 33.1 Å². The number of hydrogen-bond donors (Lipinski definition) is 8. The minimum absolute atomic E-state index is 0.187. The molecule has 9 N–H and O–H groups in total.